The lowest BCUT2D eigenvalue weighted by Crippen LogP contribution is -2.34. The third-order valence-corrected chi connectivity index (χ3v) is 8.78. The summed E-state index contributed by atoms with van der Waals surface area (Å²) in [6, 6.07) is 19.0. The van der Waals surface area contributed by atoms with Gasteiger partial charge in [0.1, 0.15) is 12.4 Å². The Bertz CT molecular complexity index is 1300. The monoisotopic (exact) mass is 562 g/mol. The summed E-state index contributed by atoms with van der Waals surface area (Å²) in [5.41, 5.74) is 3.47. The Hall–Kier alpha value is -3.41. The molecule has 0 aliphatic heterocycles. The fourth-order valence-electron chi connectivity index (χ4n) is 6.56. The van der Waals surface area contributed by atoms with Crippen molar-refractivity contribution in [3.8, 4) is 17.2 Å². The zero-order valence-corrected chi connectivity index (χ0v) is 24.0. The average Bonchev–Trinajstić information content (AvgIpc) is 3.00. The van der Waals surface area contributed by atoms with E-state index in [0.29, 0.717) is 23.5 Å². The molecule has 2 saturated carbocycles. The molecule has 2 aliphatic carbocycles. The van der Waals surface area contributed by atoms with Crippen LogP contribution in [0.15, 0.2) is 60.7 Å². The van der Waals surface area contributed by atoms with E-state index in [4.69, 9.17) is 14.2 Å². The van der Waals surface area contributed by atoms with Crippen LogP contribution in [0.25, 0.3) is 0 Å². The van der Waals surface area contributed by atoms with Gasteiger partial charge in [-0.25, -0.2) is 0 Å². The molecule has 0 amide bonds. The second kappa shape index (κ2) is 13.5. The van der Waals surface area contributed by atoms with Crippen molar-refractivity contribution in [2.45, 2.75) is 77.7 Å². The van der Waals surface area contributed by atoms with Gasteiger partial charge in [-0.3, -0.25) is 4.79 Å². The minimum Gasteiger partial charge on any atom is -0.491 e. The highest BCUT2D eigenvalue weighted by atomic mass is 19.2. The predicted molar refractivity (Wildman–Crippen MR) is 155 cm³/mol. The first-order valence-electron chi connectivity index (χ1n) is 15.1. The number of esters is 1. The van der Waals surface area contributed by atoms with E-state index in [9.17, 15) is 13.6 Å². The maximum atomic E-state index is 14.3. The lowest BCUT2D eigenvalue weighted by atomic mass is 9.64. The molecule has 218 valence electrons. The lowest BCUT2D eigenvalue weighted by molar-refractivity contribution is -0.141. The zero-order chi connectivity index (χ0) is 28.8. The summed E-state index contributed by atoms with van der Waals surface area (Å²) in [6.07, 6.45) is 8.37. The van der Waals surface area contributed by atoms with Gasteiger partial charge in [-0.05, 0) is 111 Å². The molecule has 41 heavy (non-hydrogen) atoms. The molecule has 5 rings (SSSR count). The summed E-state index contributed by atoms with van der Waals surface area (Å²) < 4.78 is 44.9. The van der Waals surface area contributed by atoms with Crippen LogP contribution in [0.5, 0.6) is 17.2 Å². The van der Waals surface area contributed by atoms with Crippen LogP contribution in [0.4, 0.5) is 8.78 Å². The van der Waals surface area contributed by atoms with Crippen LogP contribution in [-0.4, -0.2) is 12.6 Å². The van der Waals surface area contributed by atoms with Crippen LogP contribution < -0.4 is 14.2 Å². The topological polar surface area (TPSA) is 44.8 Å². The van der Waals surface area contributed by atoms with Gasteiger partial charge in [-0.2, -0.15) is 8.78 Å². The van der Waals surface area contributed by atoms with Gasteiger partial charge in [0.2, 0.25) is 11.6 Å². The number of aryl methyl sites for hydroxylation is 1. The molecule has 0 radical (unpaired) electrons. The van der Waals surface area contributed by atoms with Crippen molar-refractivity contribution in [1.82, 2.24) is 0 Å². The Balaban J connectivity index is 1.10. The highest BCUT2D eigenvalue weighted by Gasteiger charge is 2.38. The van der Waals surface area contributed by atoms with Gasteiger partial charge in [0.05, 0.1) is 12.5 Å². The SMILES string of the molecule is CCCc1ccc(OC(=O)C2CCC3CC(c4ccc(COc5ccc(OCC)c(F)c5F)cc4)CCC3C2)cc1. The van der Waals surface area contributed by atoms with Crippen LogP contribution in [0.1, 0.15) is 81.4 Å². The first-order valence-corrected chi connectivity index (χ1v) is 15.1. The van der Waals surface area contributed by atoms with Crippen LogP contribution in [-0.2, 0) is 17.8 Å². The molecular formula is C35H40F2O4. The van der Waals surface area contributed by atoms with Crippen molar-refractivity contribution < 1.29 is 27.8 Å². The Kier molecular flexibility index (Phi) is 9.58. The molecule has 4 atom stereocenters. The number of ether oxygens (including phenoxy) is 3. The number of fused-ring (bicyclic) bond motifs is 1. The lowest BCUT2D eigenvalue weighted by Gasteiger charge is -2.41. The Labute approximate surface area is 242 Å². The van der Waals surface area contributed by atoms with Crippen molar-refractivity contribution in [2.24, 2.45) is 17.8 Å². The maximum Gasteiger partial charge on any atom is 0.314 e. The average molecular weight is 563 g/mol. The van der Waals surface area contributed by atoms with E-state index in [0.717, 1.165) is 56.9 Å². The summed E-state index contributed by atoms with van der Waals surface area (Å²) >= 11 is 0. The number of carbonyl (C=O) groups is 1. The van der Waals surface area contributed by atoms with Crippen LogP contribution >= 0.6 is 0 Å². The fourth-order valence-corrected chi connectivity index (χ4v) is 6.56. The smallest absolute Gasteiger partial charge is 0.314 e. The number of carbonyl (C=O) groups excluding carboxylic acids is 1. The van der Waals surface area contributed by atoms with Crippen molar-refractivity contribution >= 4 is 5.97 Å². The van der Waals surface area contributed by atoms with Gasteiger partial charge in [-0.15, -0.1) is 0 Å². The summed E-state index contributed by atoms with van der Waals surface area (Å²) in [6.45, 7) is 4.29. The van der Waals surface area contributed by atoms with Gasteiger partial charge < -0.3 is 14.2 Å². The first kappa shape index (κ1) is 29.1. The molecule has 0 bridgehead atoms. The molecule has 0 heterocycles. The number of hydrogen-bond donors (Lipinski definition) is 0. The minimum absolute atomic E-state index is 0.0175. The Morgan fingerprint density at radius 1 is 0.756 bits per heavy atom. The van der Waals surface area contributed by atoms with Gasteiger partial charge in [0.25, 0.3) is 0 Å². The van der Waals surface area contributed by atoms with Crippen LogP contribution in [0, 0.1) is 29.4 Å². The van der Waals surface area contributed by atoms with E-state index < -0.39 is 11.6 Å². The molecule has 2 fully saturated rings. The molecule has 2 aliphatic rings. The molecule has 6 heteroatoms. The van der Waals surface area contributed by atoms with Gasteiger partial charge in [0, 0.05) is 0 Å². The Morgan fingerprint density at radius 3 is 2.07 bits per heavy atom. The molecule has 3 aromatic carbocycles. The predicted octanol–water partition coefficient (Wildman–Crippen LogP) is 8.80. The van der Waals surface area contributed by atoms with Gasteiger partial charge >= 0.3 is 5.97 Å². The second-order valence-electron chi connectivity index (χ2n) is 11.5. The van der Waals surface area contributed by atoms with E-state index in [1.165, 1.54) is 23.3 Å². The van der Waals surface area contributed by atoms with Crippen LogP contribution in [0.3, 0.4) is 0 Å². The van der Waals surface area contributed by atoms with Crippen molar-refractivity contribution in [3.05, 3.63) is 89.0 Å². The van der Waals surface area contributed by atoms with Crippen LogP contribution in [0.2, 0.25) is 0 Å². The number of halogens is 2. The second-order valence-corrected chi connectivity index (χ2v) is 11.5. The summed E-state index contributed by atoms with van der Waals surface area (Å²) in [5.74, 6) is -0.0635. The quantitative estimate of drug-likeness (QED) is 0.183. The highest BCUT2D eigenvalue weighted by molar-refractivity contribution is 5.75. The number of hydrogen-bond acceptors (Lipinski definition) is 4. The number of rotatable bonds is 10. The highest BCUT2D eigenvalue weighted by Crippen LogP contribution is 2.48. The standard InChI is InChI=1S/C35H40F2O4/c1-3-5-23-8-16-30(17-9-23)41-35(38)29-15-14-27-20-26(12-13-28(27)21-29)25-10-6-24(7-11-25)22-40-32-19-18-31(39-4-2)33(36)34(32)37/h6-11,16-19,26-29H,3-5,12-15,20-22H2,1-2H3. The zero-order valence-electron chi connectivity index (χ0n) is 24.0. The fraction of sp³-hybridized carbons (Fsp3) is 0.457. The molecule has 0 saturated heterocycles. The molecule has 0 spiro atoms. The molecule has 0 aromatic heterocycles. The van der Waals surface area contributed by atoms with E-state index in [2.05, 4.69) is 19.1 Å². The molecule has 3 aromatic rings. The Morgan fingerprint density at radius 2 is 1.39 bits per heavy atom. The van der Waals surface area contributed by atoms with E-state index in [1.807, 2.05) is 36.4 Å². The summed E-state index contributed by atoms with van der Waals surface area (Å²) in [4.78, 5) is 12.9. The first-order chi connectivity index (χ1) is 19.9. The summed E-state index contributed by atoms with van der Waals surface area (Å²) in [7, 11) is 0. The summed E-state index contributed by atoms with van der Waals surface area (Å²) in [5, 5.41) is 0. The minimum atomic E-state index is -1.03. The number of benzene rings is 3. The largest absolute Gasteiger partial charge is 0.491 e. The molecule has 4 nitrogen and oxygen atoms in total. The van der Waals surface area contributed by atoms with E-state index >= 15 is 0 Å². The van der Waals surface area contributed by atoms with E-state index in [1.54, 1.807) is 6.92 Å². The van der Waals surface area contributed by atoms with Gasteiger partial charge in [0.15, 0.2) is 11.5 Å². The van der Waals surface area contributed by atoms with Crippen molar-refractivity contribution in [3.63, 3.8) is 0 Å². The normalized spacial score (nSPS) is 22.0. The molecular weight excluding hydrogens is 522 g/mol. The third kappa shape index (κ3) is 7.09. The van der Waals surface area contributed by atoms with E-state index in [-0.39, 0.29) is 36.6 Å². The van der Waals surface area contributed by atoms with Gasteiger partial charge in [-0.1, -0.05) is 49.7 Å². The third-order valence-electron chi connectivity index (χ3n) is 8.78. The maximum absolute atomic E-state index is 14.3. The molecule has 0 N–H and O–H groups in total. The molecule has 4 unspecified atom stereocenters. The van der Waals surface area contributed by atoms with Crippen molar-refractivity contribution in [2.75, 3.05) is 6.61 Å². The van der Waals surface area contributed by atoms with Crippen molar-refractivity contribution in [1.29, 1.82) is 0 Å².